The van der Waals surface area contributed by atoms with Gasteiger partial charge < -0.3 is 15.5 Å². The Morgan fingerprint density at radius 1 is 0.894 bits per heavy atom. The van der Waals surface area contributed by atoms with Crippen LogP contribution in [0.4, 0.5) is 23.1 Å². The molecular formula is C46H51N13O7. The third-order valence-corrected chi connectivity index (χ3v) is 13.0. The van der Waals surface area contributed by atoms with Crippen LogP contribution in [0, 0.1) is 6.92 Å². The number of pyridine rings is 2. The van der Waals surface area contributed by atoms with Crippen LogP contribution < -0.4 is 26.4 Å². The maximum absolute atomic E-state index is 13.6. The summed E-state index contributed by atoms with van der Waals surface area (Å²) in [6, 6.07) is 7.44. The minimum absolute atomic E-state index is 0.00574. The number of imide groups is 2. The summed E-state index contributed by atoms with van der Waals surface area (Å²) in [6.45, 7) is 7.82. The van der Waals surface area contributed by atoms with Crippen molar-refractivity contribution in [3.63, 3.8) is 0 Å². The number of carbonyl (C=O) groups is 6. The lowest BCUT2D eigenvalue weighted by molar-refractivity contribution is -0.136. The van der Waals surface area contributed by atoms with E-state index in [0.717, 1.165) is 81.0 Å². The second-order valence-electron chi connectivity index (χ2n) is 17.4. The highest BCUT2D eigenvalue weighted by Gasteiger charge is 2.45. The summed E-state index contributed by atoms with van der Waals surface area (Å²) in [7, 11) is 0. The van der Waals surface area contributed by atoms with Crippen LogP contribution in [-0.4, -0.2) is 112 Å². The molecule has 1 aliphatic carbocycles. The largest absolute Gasteiger partial charge is 0.368 e. The average Bonchev–Trinajstić information content (AvgIpc) is 4.05. The van der Waals surface area contributed by atoms with Gasteiger partial charge >= 0.3 is 0 Å². The van der Waals surface area contributed by atoms with Crippen molar-refractivity contribution in [2.24, 2.45) is 0 Å². The maximum Gasteiger partial charge on any atom is 0.264 e. The van der Waals surface area contributed by atoms with Crippen LogP contribution in [0.25, 0.3) is 11.0 Å². The number of anilines is 4. The molecule has 0 spiro atoms. The number of Topliss-reactive ketones (excluding diaryl/α,β-unsaturated/α-hetero) is 1. The van der Waals surface area contributed by atoms with Gasteiger partial charge in [0.1, 0.15) is 17.5 Å². The van der Waals surface area contributed by atoms with Crippen LogP contribution >= 0.6 is 0 Å². The van der Waals surface area contributed by atoms with Gasteiger partial charge in [-0.1, -0.05) is 30.5 Å². The molecule has 9 rings (SSSR count). The molecule has 0 radical (unpaired) electrons. The molecule has 7 heterocycles. The van der Waals surface area contributed by atoms with Crippen molar-refractivity contribution in [2.75, 3.05) is 41.7 Å². The fraction of sp³-hybridized carbons (Fsp3) is 0.435. The van der Waals surface area contributed by atoms with E-state index in [-0.39, 0.29) is 64.9 Å². The first-order valence-corrected chi connectivity index (χ1v) is 22.6. The molecule has 0 bridgehead atoms. The number of fused-ring (bicyclic) bond motifs is 2. The van der Waals surface area contributed by atoms with E-state index < -0.39 is 29.7 Å². The van der Waals surface area contributed by atoms with Crippen molar-refractivity contribution in [1.82, 2.24) is 49.6 Å². The van der Waals surface area contributed by atoms with Gasteiger partial charge in [0, 0.05) is 75.9 Å². The molecule has 66 heavy (non-hydrogen) atoms. The number of unbranched alkanes of at least 4 members (excludes halogenated alkanes) is 2. The van der Waals surface area contributed by atoms with E-state index in [2.05, 4.69) is 46.0 Å². The number of piperidine rings is 1. The Kier molecular flexibility index (Phi) is 12.5. The monoisotopic (exact) mass is 897 g/mol. The number of rotatable bonds is 15. The quantitative estimate of drug-likeness (QED) is 0.0763. The van der Waals surface area contributed by atoms with Crippen LogP contribution in [-0.2, 0) is 27.5 Å². The summed E-state index contributed by atoms with van der Waals surface area (Å²) in [5.41, 5.74) is 3.30. The fourth-order valence-electron chi connectivity index (χ4n) is 9.55. The van der Waals surface area contributed by atoms with Crippen molar-refractivity contribution in [3.8, 4) is 0 Å². The summed E-state index contributed by atoms with van der Waals surface area (Å²) >= 11 is 0. The Labute approximate surface area is 379 Å². The summed E-state index contributed by atoms with van der Waals surface area (Å²) in [4.78, 5) is 109. The SMILES string of the molecule is CC(=O)c1c(C)c2cnc(Nc3ccc(N4CCN(Cc5cn(CCCCCC(=O)Nc6cccc7c6C(=O)N(C6CCC(=O)NC6=O)C7=O)nn5)CC4)cn3)nc2n(C2CCCC2)c1=O. The third-order valence-electron chi connectivity index (χ3n) is 13.0. The number of aromatic nitrogens is 7. The van der Waals surface area contributed by atoms with Gasteiger partial charge in [0.2, 0.25) is 23.7 Å². The van der Waals surface area contributed by atoms with Crippen molar-refractivity contribution < 1.29 is 28.8 Å². The summed E-state index contributed by atoms with van der Waals surface area (Å²) in [5, 5.41) is 17.6. The van der Waals surface area contributed by atoms with Gasteiger partial charge in [0.05, 0.1) is 40.0 Å². The summed E-state index contributed by atoms with van der Waals surface area (Å²) in [6.07, 6.45) is 11.7. The van der Waals surface area contributed by atoms with Gasteiger partial charge in [0.25, 0.3) is 17.4 Å². The first-order valence-electron chi connectivity index (χ1n) is 22.6. The van der Waals surface area contributed by atoms with E-state index in [4.69, 9.17) is 4.98 Å². The van der Waals surface area contributed by atoms with Gasteiger partial charge in [-0.05, 0) is 75.8 Å². The maximum atomic E-state index is 13.6. The van der Waals surface area contributed by atoms with E-state index >= 15 is 0 Å². The topological polar surface area (TPSA) is 240 Å². The highest BCUT2D eigenvalue weighted by Crippen LogP contribution is 2.34. The van der Waals surface area contributed by atoms with Crippen LogP contribution in [0.5, 0.6) is 0 Å². The van der Waals surface area contributed by atoms with Crippen molar-refractivity contribution >= 4 is 69.5 Å². The van der Waals surface area contributed by atoms with E-state index in [1.165, 1.54) is 13.0 Å². The molecule has 1 aromatic carbocycles. The number of aryl methyl sites for hydroxylation is 2. The van der Waals surface area contributed by atoms with Crippen LogP contribution in [0.3, 0.4) is 0 Å². The molecule has 4 aliphatic rings. The lowest BCUT2D eigenvalue weighted by Gasteiger charge is -2.35. The zero-order valence-corrected chi connectivity index (χ0v) is 36.9. The Morgan fingerprint density at radius 3 is 2.44 bits per heavy atom. The molecular weight excluding hydrogens is 847 g/mol. The molecule has 20 heteroatoms. The second-order valence-corrected chi connectivity index (χ2v) is 17.4. The van der Waals surface area contributed by atoms with E-state index in [0.29, 0.717) is 47.9 Å². The zero-order valence-electron chi connectivity index (χ0n) is 36.9. The zero-order chi connectivity index (χ0) is 46.1. The summed E-state index contributed by atoms with van der Waals surface area (Å²) < 4.78 is 3.52. The molecule has 20 nitrogen and oxygen atoms in total. The Balaban J connectivity index is 0.710. The van der Waals surface area contributed by atoms with Crippen LogP contribution in [0.15, 0.2) is 53.7 Å². The second kappa shape index (κ2) is 18.7. The van der Waals surface area contributed by atoms with Gasteiger partial charge in [0.15, 0.2) is 5.78 Å². The molecule has 5 aromatic rings. The molecule has 2 saturated heterocycles. The molecule has 342 valence electrons. The predicted octanol–water partition coefficient (Wildman–Crippen LogP) is 4.07. The highest BCUT2D eigenvalue weighted by molar-refractivity contribution is 6.26. The molecule has 3 aliphatic heterocycles. The molecule has 1 saturated carbocycles. The first-order chi connectivity index (χ1) is 31.9. The third kappa shape index (κ3) is 8.91. The Hall–Kier alpha value is -7.22. The predicted molar refractivity (Wildman–Crippen MR) is 241 cm³/mol. The van der Waals surface area contributed by atoms with Gasteiger partial charge in [-0.15, -0.1) is 5.10 Å². The smallest absolute Gasteiger partial charge is 0.264 e. The van der Waals surface area contributed by atoms with Crippen molar-refractivity contribution in [3.05, 3.63) is 87.2 Å². The van der Waals surface area contributed by atoms with E-state index in [1.807, 2.05) is 29.2 Å². The minimum Gasteiger partial charge on any atom is -0.368 e. The number of nitrogens with one attached hydrogen (secondary N) is 3. The number of amides is 5. The van der Waals surface area contributed by atoms with Crippen LogP contribution in [0.2, 0.25) is 0 Å². The number of benzene rings is 1. The number of nitrogens with zero attached hydrogens (tertiary/aromatic N) is 10. The number of hydrogen-bond donors (Lipinski definition) is 3. The first kappa shape index (κ1) is 44.0. The van der Waals surface area contributed by atoms with E-state index in [9.17, 15) is 33.6 Å². The summed E-state index contributed by atoms with van der Waals surface area (Å²) in [5.74, 6) is -2.09. The molecule has 1 atom stereocenters. The molecule has 4 aromatic heterocycles. The fourth-order valence-corrected chi connectivity index (χ4v) is 9.55. The molecule has 3 N–H and O–H groups in total. The van der Waals surface area contributed by atoms with Gasteiger partial charge in [-0.3, -0.25) is 57.9 Å². The Morgan fingerprint density at radius 2 is 1.70 bits per heavy atom. The molecule has 1 unspecified atom stereocenters. The standard InChI is InChI=1S/C46H51N13O7/c1-27-33-24-48-46(52-41(33)58(30-9-5-6-10-30)44(65)39(27)28(2)60)50-36-16-14-31(23-47-36)56-21-19-55(20-22-56)25-29-26-57(54-53-29)18-7-3-4-13-37(61)49-34-12-8-11-32-40(34)45(66)59(43(32)64)35-15-17-38(62)51-42(35)63/h8,11-12,14,16,23-24,26,30,35H,3-7,9-10,13,15,17-22,25H2,1-2H3,(H,49,61)(H,51,62,63)(H,47,48,50,52). The Bertz CT molecular complexity index is 2810. The minimum atomic E-state index is -1.09. The highest BCUT2D eigenvalue weighted by atomic mass is 16.2. The number of carbonyl (C=O) groups excluding carboxylic acids is 6. The number of piperazine rings is 1. The normalized spacial score (nSPS) is 18.0. The van der Waals surface area contributed by atoms with Gasteiger partial charge in [-0.25, -0.2) is 9.97 Å². The van der Waals surface area contributed by atoms with Crippen molar-refractivity contribution in [1.29, 1.82) is 0 Å². The van der Waals surface area contributed by atoms with Crippen LogP contribution in [0.1, 0.15) is 120 Å². The lowest BCUT2D eigenvalue weighted by atomic mass is 10.0. The van der Waals surface area contributed by atoms with Crippen molar-refractivity contribution in [2.45, 2.75) is 103 Å². The van der Waals surface area contributed by atoms with E-state index in [1.54, 1.807) is 29.8 Å². The number of ketones is 1. The van der Waals surface area contributed by atoms with Gasteiger partial charge in [-0.2, -0.15) is 4.98 Å². The number of hydrogen-bond acceptors (Lipinski definition) is 15. The molecule has 3 fully saturated rings. The average molecular weight is 898 g/mol. The lowest BCUT2D eigenvalue weighted by Crippen LogP contribution is -2.54. The molecule has 5 amide bonds.